The lowest BCUT2D eigenvalue weighted by atomic mass is 10.0. The summed E-state index contributed by atoms with van der Waals surface area (Å²) >= 11 is 1.31. The Morgan fingerprint density at radius 3 is 2.65 bits per heavy atom. The smallest absolute Gasteiger partial charge is 0.353 e. The summed E-state index contributed by atoms with van der Waals surface area (Å²) in [7, 11) is 0. The Bertz CT molecular complexity index is 1220. The first-order valence-corrected chi connectivity index (χ1v) is 10.6. The summed E-state index contributed by atoms with van der Waals surface area (Å²) in [5.41, 5.74) is 3.48. The molecule has 2 aliphatic heterocycles. The third-order valence-corrected chi connectivity index (χ3v) is 6.28. The van der Waals surface area contributed by atoms with Gasteiger partial charge in [0.05, 0.1) is 11.8 Å². The number of aryl methyl sites for hydroxylation is 2. The molecule has 9 heteroatoms. The van der Waals surface area contributed by atoms with E-state index >= 15 is 0 Å². The number of pyridine rings is 1. The summed E-state index contributed by atoms with van der Waals surface area (Å²) in [5, 5.41) is 18.6. The Morgan fingerprint density at radius 1 is 1.16 bits per heavy atom. The molecule has 3 aromatic rings. The predicted octanol–water partition coefficient (Wildman–Crippen LogP) is 2.16. The number of aliphatic carboxylic acids is 1. The van der Waals surface area contributed by atoms with Crippen molar-refractivity contribution < 1.29 is 19.3 Å². The van der Waals surface area contributed by atoms with Gasteiger partial charge >= 0.3 is 5.97 Å². The van der Waals surface area contributed by atoms with E-state index in [1.54, 1.807) is 17.0 Å². The maximum Gasteiger partial charge on any atom is 0.353 e. The first-order valence-electron chi connectivity index (χ1n) is 9.69. The van der Waals surface area contributed by atoms with E-state index < -0.39 is 5.97 Å². The van der Waals surface area contributed by atoms with Gasteiger partial charge in [0.2, 0.25) is 0 Å². The number of carbonyl (C=O) groups is 2. The Morgan fingerprint density at radius 2 is 1.90 bits per heavy atom. The van der Waals surface area contributed by atoms with E-state index in [1.807, 2.05) is 30.6 Å². The van der Waals surface area contributed by atoms with Gasteiger partial charge in [-0.15, -0.1) is 16.9 Å². The maximum atomic E-state index is 12.3. The number of hydrogen-bond donors (Lipinski definition) is 1. The number of carboxylic acid groups (broad SMARTS) is 1. The normalized spacial score (nSPS) is 18.6. The molecule has 1 amide bonds. The van der Waals surface area contributed by atoms with Crippen molar-refractivity contribution in [2.24, 2.45) is 0 Å². The summed E-state index contributed by atoms with van der Waals surface area (Å²) < 4.78 is 3.81. The molecule has 1 N–H and O–H groups in total. The molecule has 2 aromatic heterocycles. The van der Waals surface area contributed by atoms with Crippen LogP contribution < -0.4 is 4.57 Å². The fraction of sp³-hybridized carbons (Fsp3) is 0.136. The highest BCUT2D eigenvalue weighted by molar-refractivity contribution is 8.03. The first kappa shape index (κ1) is 19.3. The number of hydrogen-bond acceptors (Lipinski definition) is 5. The lowest BCUT2D eigenvalue weighted by molar-refractivity contribution is -0.698. The second kappa shape index (κ2) is 7.84. The van der Waals surface area contributed by atoms with Crippen molar-refractivity contribution in [1.82, 2.24) is 19.9 Å². The van der Waals surface area contributed by atoms with Crippen LogP contribution in [0.3, 0.4) is 0 Å². The van der Waals surface area contributed by atoms with E-state index in [0.29, 0.717) is 17.8 Å². The molecule has 0 bridgehead atoms. The van der Waals surface area contributed by atoms with Crippen molar-refractivity contribution in [2.75, 3.05) is 0 Å². The van der Waals surface area contributed by atoms with E-state index in [2.05, 4.69) is 39.1 Å². The molecule has 0 saturated carbocycles. The maximum absolute atomic E-state index is 12.3. The van der Waals surface area contributed by atoms with Crippen LogP contribution in [-0.2, 0) is 22.7 Å². The molecule has 0 spiro atoms. The Labute approximate surface area is 182 Å². The highest BCUT2D eigenvalue weighted by Gasteiger charge is 2.49. The largest absolute Gasteiger partial charge is 0.477 e. The van der Waals surface area contributed by atoms with Crippen LogP contribution >= 0.6 is 11.8 Å². The lowest BCUT2D eigenvalue weighted by Gasteiger charge is -2.36. The fourth-order valence-corrected chi connectivity index (χ4v) is 4.68. The Hall–Kier alpha value is -3.72. The molecular formula is C22H18N5O3S+. The second-order valence-corrected chi connectivity index (χ2v) is 8.12. The average Bonchev–Trinajstić information content (AvgIpc) is 3.42. The van der Waals surface area contributed by atoms with Crippen molar-refractivity contribution in [2.45, 2.75) is 18.5 Å². The summed E-state index contributed by atoms with van der Waals surface area (Å²) in [4.78, 5) is 24.7. The van der Waals surface area contributed by atoms with Gasteiger partial charge in [0.1, 0.15) is 23.3 Å². The Kier molecular flexibility index (Phi) is 4.87. The van der Waals surface area contributed by atoms with E-state index in [1.165, 1.54) is 27.6 Å². The number of thioether (sulfide) groups is 1. The molecule has 0 radical (unpaired) electrons. The zero-order valence-corrected chi connectivity index (χ0v) is 17.1. The van der Waals surface area contributed by atoms with Crippen LogP contribution in [0.5, 0.6) is 0 Å². The zero-order valence-electron chi connectivity index (χ0n) is 16.3. The van der Waals surface area contributed by atoms with Crippen molar-refractivity contribution in [1.29, 1.82) is 0 Å². The zero-order chi connectivity index (χ0) is 21.4. The highest BCUT2D eigenvalue weighted by Crippen LogP contribution is 2.44. The summed E-state index contributed by atoms with van der Waals surface area (Å²) in [5.74, 6) is -1.39. The van der Waals surface area contributed by atoms with Crippen LogP contribution in [0.2, 0.25) is 0 Å². The number of carbonyl (C=O) groups excluding carboxylic acids is 1. The third-order valence-electron chi connectivity index (χ3n) is 5.20. The Balaban J connectivity index is 1.21. The quantitative estimate of drug-likeness (QED) is 0.365. The van der Waals surface area contributed by atoms with Crippen molar-refractivity contribution in [3.8, 4) is 11.1 Å². The van der Waals surface area contributed by atoms with Gasteiger partial charge < -0.3 is 5.11 Å². The highest BCUT2D eigenvalue weighted by atomic mass is 32.2. The predicted molar refractivity (Wildman–Crippen MR) is 114 cm³/mol. The number of rotatable bonds is 6. The van der Waals surface area contributed by atoms with Crippen LogP contribution in [0.1, 0.15) is 5.69 Å². The number of amides is 1. The van der Waals surface area contributed by atoms with E-state index in [4.69, 9.17) is 5.11 Å². The molecule has 0 aliphatic carbocycles. The van der Waals surface area contributed by atoms with Crippen LogP contribution in [-0.4, -0.2) is 42.3 Å². The summed E-state index contributed by atoms with van der Waals surface area (Å²) in [6.07, 6.45) is 7.54. The molecule has 8 nitrogen and oxygen atoms in total. The SMILES string of the molecule is O=C(O)C1=CS[C@@H]2/C(=C\c3cn(CC[n+]4ccc(-c5ccccc5)cc4)nn3)C(=O)N12. The van der Waals surface area contributed by atoms with Crippen molar-refractivity contribution >= 4 is 29.7 Å². The minimum Gasteiger partial charge on any atom is -0.477 e. The molecule has 1 atom stereocenters. The molecular weight excluding hydrogens is 414 g/mol. The molecule has 154 valence electrons. The van der Waals surface area contributed by atoms with Gasteiger partial charge in [-0.05, 0) is 17.2 Å². The molecule has 4 heterocycles. The molecule has 1 aromatic carbocycles. The van der Waals surface area contributed by atoms with Crippen LogP contribution in [0.15, 0.2) is 77.7 Å². The average molecular weight is 432 g/mol. The number of β-lactam (4-membered cyclic amide) rings is 1. The molecule has 1 fully saturated rings. The minimum atomic E-state index is -1.09. The molecule has 31 heavy (non-hydrogen) atoms. The monoisotopic (exact) mass is 432 g/mol. The van der Waals surface area contributed by atoms with Crippen LogP contribution in [0.4, 0.5) is 0 Å². The van der Waals surface area contributed by atoms with Gasteiger partial charge in [-0.25, -0.2) is 14.0 Å². The van der Waals surface area contributed by atoms with Gasteiger partial charge in [0.15, 0.2) is 18.9 Å². The third kappa shape index (κ3) is 3.64. The van der Waals surface area contributed by atoms with Gasteiger partial charge in [0, 0.05) is 17.5 Å². The molecule has 0 unspecified atom stereocenters. The number of benzene rings is 1. The van der Waals surface area contributed by atoms with Crippen molar-refractivity contribution in [3.63, 3.8) is 0 Å². The van der Waals surface area contributed by atoms with E-state index in [-0.39, 0.29) is 17.0 Å². The topological polar surface area (TPSA) is 92.2 Å². The van der Waals surface area contributed by atoms with E-state index in [0.717, 1.165) is 12.1 Å². The van der Waals surface area contributed by atoms with Gasteiger partial charge in [-0.3, -0.25) is 9.69 Å². The summed E-state index contributed by atoms with van der Waals surface area (Å²) in [6, 6.07) is 14.4. The second-order valence-electron chi connectivity index (χ2n) is 7.17. The molecule has 5 rings (SSSR count). The van der Waals surface area contributed by atoms with Gasteiger partial charge in [-0.2, -0.15) is 0 Å². The standard InChI is InChI=1S/C22H17N5O3S/c28-20-18(21-27(20)19(14-31-21)22(29)30)12-17-13-26(24-23-17)11-10-25-8-6-16(7-9-25)15-4-2-1-3-5-15/h1-9,12-14,21H,10-11H2/p+1/b18-12-/t21-/m1/s1. The van der Waals surface area contributed by atoms with Gasteiger partial charge in [0.25, 0.3) is 5.91 Å². The first-order chi connectivity index (χ1) is 15.1. The number of aromatic nitrogens is 4. The summed E-state index contributed by atoms with van der Waals surface area (Å²) in [6.45, 7) is 1.36. The minimum absolute atomic E-state index is 0.0242. The van der Waals surface area contributed by atoms with Crippen LogP contribution in [0.25, 0.3) is 17.2 Å². The number of fused-ring (bicyclic) bond motifs is 1. The van der Waals surface area contributed by atoms with Crippen LogP contribution in [0, 0.1) is 0 Å². The van der Waals surface area contributed by atoms with E-state index in [9.17, 15) is 9.59 Å². The van der Waals surface area contributed by atoms with Crippen molar-refractivity contribution in [3.05, 3.63) is 83.4 Å². The molecule has 1 saturated heterocycles. The number of nitrogens with zero attached hydrogens (tertiary/aromatic N) is 5. The number of carboxylic acids is 1. The lowest BCUT2D eigenvalue weighted by Crippen LogP contribution is -2.51. The molecule has 2 aliphatic rings. The van der Waals surface area contributed by atoms with Gasteiger partial charge in [-0.1, -0.05) is 35.5 Å². The fourth-order valence-electron chi connectivity index (χ4n) is 3.56.